The summed E-state index contributed by atoms with van der Waals surface area (Å²) in [6.07, 6.45) is 11.2. The highest BCUT2D eigenvalue weighted by atomic mass is 16.3. The summed E-state index contributed by atoms with van der Waals surface area (Å²) in [7, 11) is 0. The maximum atomic E-state index is 6.08. The van der Waals surface area contributed by atoms with Crippen molar-refractivity contribution in [1.29, 1.82) is 0 Å². The molecule has 0 bridgehead atoms. The van der Waals surface area contributed by atoms with Crippen molar-refractivity contribution in [3.05, 3.63) is 108 Å². The second-order valence-electron chi connectivity index (χ2n) is 12.4. The molecule has 3 fully saturated rings. The van der Waals surface area contributed by atoms with Gasteiger partial charge in [0.15, 0.2) is 0 Å². The van der Waals surface area contributed by atoms with Gasteiger partial charge >= 0.3 is 0 Å². The Morgan fingerprint density at radius 1 is 0.538 bits per heavy atom. The summed E-state index contributed by atoms with van der Waals surface area (Å²) in [6, 6.07) is 35.9. The Hall–Kier alpha value is -3.52. The van der Waals surface area contributed by atoms with Gasteiger partial charge in [0.1, 0.15) is 11.2 Å². The molecule has 196 valence electrons. The van der Waals surface area contributed by atoms with Gasteiger partial charge in [-0.1, -0.05) is 86.3 Å². The zero-order valence-corrected chi connectivity index (χ0v) is 22.6. The molecule has 1 heterocycles. The number of anilines is 2. The fourth-order valence-corrected chi connectivity index (χ4v) is 9.31. The SMILES string of the molecule is c1ccc(C2(c3cccc(Nc4ccc5oc6ccccc6c5c4)c3)C3CCCCC3C3CCCCC32)cc1. The molecule has 5 aromatic rings. The molecular weight excluding hydrogens is 474 g/mol. The highest BCUT2D eigenvalue weighted by molar-refractivity contribution is 6.06. The third-order valence-electron chi connectivity index (χ3n) is 10.6. The van der Waals surface area contributed by atoms with E-state index in [0.717, 1.165) is 40.5 Å². The van der Waals surface area contributed by atoms with Crippen molar-refractivity contribution in [3.8, 4) is 0 Å². The van der Waals surface area contributed by atoms with Gasteiger partial charge in [0.05, 0.1) is 0 Å². The zero-order chi connectivity index (χ0) is 25.8. The molecule has 39 heavy (non-hydrogen) atoms. The van der Waals surface area contributed by atoms with Gasteiger partial charge in [0.25, 0.3) is 0 Å². The molecular formula is C37H37NO. The topological polar surface area (TPSA) is 25.2 Å². The van der Waals surface area contributed by atoms with Gasteiger partial charge in [-0.05, 0) is 96.9 Å². The molecule has 3 aliphatic rings. The first-order valence-corrected chi connectivity index (χ1v) is 15.2. The fraction of sp³-hybridized carbons (Fsp3) is 0.351. The van der Waals surface area contributed by atoms with Crippen molar-refractivity contribution < 1.29 is 4.42 Å². The molecule has 4 unspecified atom stereocenters. The number of rotatable bonds is 4. The van der Waals surface area contributed by atoms with Crippen LogP contribution in [-0.4, -0.2) is 0 Å². The number of hydrogen-bond donors (Lipinski definition) is 1. The fourth-order valence-electron chi connectivity index (χ4n) is 9.31. The molecule has 4 aromatic carbocycles. The molecule has 4 atom stereocenters. The molecule has 2 nitrogen and oxygen atoms in total. The summed E-state index contributed by atoms with van der Waals surface area (Å²) in [4.78, 5) is 0. The minimum atomic E-state index is 0.111. The Morgan fingerprint density at radius 2 is 1.18 bits per heavy atom. The largest absolute Gasteiger partial charge is 0.456 e. The smallest absolute Gasteiger partial charge is 0.135 e. The number of fused-ring (bicyclic) bond motifs is 6. The summed E-state index contributed by atoms with van der Waals surface area (Å²) in [5.41, 5.74) is 7.37. The summed E-state index contributed by atoms with van der Waals surface area (Å²) in [5.74, 6) is 3.23. The Labute approximate surface area is 231 Å². The van der Waals surface area contributed by atoms with E-state index >= 15 is 0 Å². The first-order chi connectivity index (χ1) is 19.3. The predicted octanol–water partition coefficient (Wildman–Crippen LogP) is 10.2. The van der Waals surface area contributed by atoms with Crippen LogP contribution in [0, 0.1) is 23.7 Å². The summed E-state index contributed by atoms with van der Waals surface area (Å²) >= 11 is 0. The van der Waals surface area contributed by atoms with Crippen LogP contribution in [-0.2, 0) is 5.41 Å². The van der Waals surface area contributed by atoms with Crippen LogP contribution >= 0.6 is 0 Å². The van der Waals surface area contributed by atoms with E-state index in [0.29, 0.717) is 0 Å². The zero-order valence-electron chi connectivity index (χ0n) is 22.6. The molecule has 2 heteroatoms. The second kappa shape index (κ2) is 9.30. The first kappa shape index (κ1) is 23.4. The normalized spacial score (nSPS) is 28.3. The summed E-state index contributed by atoms with van der Waals surface area (Å²) in [5, 5.41) is 6.12. The number of benzene rings is 4. The van der Waals surface area contributed by atoms with Crippen LogP contribution in [0.2, 0.25) is 0 Å². The molecule has 8 rings (SSSR count). The number of furan rings is 1. The van der Waals surface area contributed by atoms with Gasteiger partial charge in [0, 0.05) is 27.6 Å². The van der Waals surface area contributed by atoms with Crippen molar-refractivity contribution in [2.75, 3.05) is 5.32 Å². The van der Waals surface area contributed by atoms with Gasteiger partial charge < -0.3 is 9.73 Å². The van der Waals surface area contributed by atoms with E-state index in [2.05, 4.69) is 90.2 Å². The third kappa shape index (κ3) is 3.60. The van der Waals surface area contributed by atoms with E-state index in [1.165, 1.54) is 73.4 Å². The predicted molar refractivity (Wildman–Crippen MR) is 162 cm³/mol. The van der Waals surface area contributed by atoms with Gasteiger partial charge in [-0.15, -0.1) is 0 Å². The monoisotopic (exact) mass is 511 g/mol. The Kier molecular flexibility index (Phi) is 5.57. The lowest BCUT2D eigenvalue weighted by Crippen LogP contribution is -2.41. The van der Waals surface area contributed by atoms with Crippen molar-refractivity contribution in [3.63, 3.8) is 0 Å². The van der Waals surface area contributed by atoms with E-state index in [9.17, 15) is 0 Å². The Morgan fingerprint density at radius 3 is 1.97 bits per heavy atom. The number of para-hydroxylation sites is 1. The molecule has 0 spiro atoms. The molecule has 1 aromatic heterocycles. The van der Waals surface area contributed by atoms with E-state index in [1.54, 1.807) is 5.56 Å². The highest BCUT2D eigenvalue weighted by Gasteiger charge is 2.61. The average Bonchev–Trinajstić information content (AvgIpc) is 3.52. The van der Waals surface area contributed by atoms with Gasteiger partial charge in [0.2, 0.25) is 0 Å². The van der Waals surface area contributed by atoms with Crippen molar-refractivity contribution in [2.45, 2.75) is 56.8 Å². The molecule has 0 saturated heterocycles. The quantitative estimate of drug-likeness (QED) is 0.260. The van der Waals surface area contributed by atoms with Crippen molar-refractivity contribution >= 4 is 33.3 Å². The highest BCUT2D eigenvalue weighted by Crippen LogP contribution is 2.66. The lowest BCUT2D eigenvalue weighted by atomic mass is 9.58. The number of nitrogens with one attached hydrogen (secondary N) is 1. The van der Waals surface area contributed by atoms with E-state index in [-0.39, 0.29) is 5.41 Å². The molecule has 3 aliphatic carbocycles. The van der Waals surface area contributed by atoms with Crippen LogP contribution in [0.1, 0.15) is 62.5 Å². The molecule has 1 N–H and O–H groups in total. The van der Waals surface area contributed by atoms with Crippen molar-refractivity contribution in [2.24, 2.45) is 23.7 Å². The third-order valence-corrected chi connectivity index (χ3v) is 10.6. The maximum Gasteiger partial charge on any atom is 0.135 e. The molecule has 0 amide bonds. The van der Waals surface area contributed by atoms with Crippen LogP contribution in [0.3, 0.4) is 0 Å². The Bertz CT molecular complexity index is 1610. The second-order valence-corrected chi connectivity index (χ2v) is 12.4. The maximum absolute atomic E-state index is 6.08. The summed E-state index contributed by atoms with van der Waals surface area (Å²) < 4.78 is 6.08. The van der Waals surface area contributed by atoms with E-state index in [4.69, 9.17) is 4.42 Å². The molecule has 3 saturated carbocycles. The van der Waals surface area contributed by atoms with E-state index in [1.807, 2.05) is 12.1 Å². The van der Waals surface area contributed by atoms with Crippen LogP contribution in [0.25, 0.3) is 21.9 Å². The summed E-state index contributed by atoms with van der Waals surface area (Å²) in [6.45, 7) is 0. The first-order valence-electron chi connectivity index (χ1n) is 15.2. The van der Waals surface area contributed by atoms with Gasteiger partial charge in [-0.25, -0.2) is 0 Å². The Balaban J connectivity index is 1.24. The van der Waals surface area contributed by atoms with E-state index < -0.39 is 0 Å². The minimum absolute atomic E-state index is 0.111. The number of hydrogen-bond acceptors (Lipinski definition) is 2. The van der Waals surface area contributed by atoms with Gasteiger partial charge in [-0.2, -0.15) is 0 Å². The molecule has 0 radical (unpaired) electrons. The lowest BCUT2D eigenvalue weighted by molar-refractivity contribution is 0.184. The lowest BCUT2D eigenvalue weighted by Gasteiger charge is -2.45. The van der Waals surface area contributed by atoms with Crippen LogP contribution in [0.5, 0.6) is 0 Å². The standard InChI is InChI=1S/C37H37NO/c1-2-11-25(12-3-1)37(33-18-7-4-15-29(33)30-16-5-8-19-34(30)37)26-13-10-14-27(23-26)38-28-21-22-36-32(24-28)31-17-6-9-20-35(31)39-36/h1-3,6,9-14,17,20-24,29-30,33-34,38H,4-5,7-8,15-16,18-19H2. The molecule has 0 aliphatic heterocycles. The van der Waals surface area contributed by atoms with Gasteiger partial charge in [-0.3, -0.25) is 0 Å². The van der Waals surface area contributed by atoms with Crippen LogP contribution in [0.4, 0.5) is 11.4 Å². The van der Waals surface area contributed by atoms with Crippen molar-refractivity contribution in [1.82, 2.24) is 0 Å². The van der Waals surface area contributed by atoms with Crippen LogP contribution in [0.15, 0.2) is 101 Å². The average molecular weight is 512 g/mol. The van der Waals surface area contributed by atoms with Crippen LogP contribution < -0.4 is 5.32 Å². The minimum Gasteiger partial charge on any atom is -0.456 e.